The van der Waals surface area contributed by atoms with E-state index in [1.807, 2.05) is 0 Å². The van der Waals surface area contributed by atoms with Gasteiger partial charge in [0.2, 0.25) is 0 Å². The number of ether oxygens (including phenoxy) is 1. The van der Waals surface area contributed by atoms with Crippen LogP contribution in [0.2, 0.25) is 0 Å². The van der Waals surface area contributed by atoms with Gasteiger partial charge < -0.3 is 14.7 Å². The number of amides is 1. The Bertz CT molecular complexity index is 482. The first kappa shape index (κ1) is 17.2. The first-order valence-corrected chi connectivity index (χ1v) is 6.02. The largest absolute Gasteiger partial charge is 0.496 e. The molecule has 0 bridgehead atoms. The maximum Gasteiger partial charge on any atom is 0.383 e. The molecular weight excluding hydrogens is 294 g/mol. The number of hydrogen-bond acceptors (Lipinski definition) is 3. The summed E-state index contributed by atoms with van der Waals surface area (Å²) in [7, 11) is 1.35. The molecule has 0 heterocycles. The Labute approximate surface area is 118 Å². The zero-order valence-electron chi connectivity index (χ0n) is 11.2. The van der Waals surface area contributed by atoms with Gasteiger partial charge in [-0.25, -0.2) is 8.78 Å². The molecule has 1 amide bonds. The molecule has 21 heavy (non-hydrogen) atoms. The van der Waals surface area contributed by atoms with Crippen LogP contribution in [-0.2, 0) is 11.3 Å². The van der Waals surface area contributed by atoms with Crippen LogP contribution in [0.1, 0.15) is 5.56 Å². The molecule has 8 heteroatoms. The summed E-state index contributed by atoms with van der Waals surface area (Å²) in [6.45, 7) is -1.48. The van der Waals surface area contributed by atoms with Crippen LogP contribution in [0.15, 0.2) is 24.3 Å². The first-order valence-electron chi connectivity index (χ1n) is 6.02. The van der Waals surface area contributed by atoms with E-state index < -0.39 is 31.4 Å². The number of aliphatic hydroxyl groups excluding tert-OH is 1. The third-order valence-corrected chi connectivity index (χ3v) is 2.77. The van der Waals surface area contributed by atoms with Gasteiger partial charge >= 0.3 is 12.3 Å². The first-order chi connectivity index (χ1) is 9.84. The lowest BCUT2D eigenvalue weighted by atomic mass is 10.1. The van der Waals surface area contributed by atoms with Gasteiger partial charge in [-0.05, 0) is 6.07 Å². The Hall–Kier alpha value is -1.83. The molecule has 1 aromatic rings. The van der Waals surface area contributed by atoms with Crippen LogP contribution in [0.5, 0.6) is 5.75 Å². The quantitative estimate of drug-likeness (QED) is 0.783. The number of carbonyl (C=O) groups excluding carboxylic acids is 1. The van der Waals surface area contributed by atoms with Crippen molar-refractivity contribution in [3.05, 3.63) is 29.8 Å². The van der Waals surface area contributed by atoms with Crippen LogP contribution in [-0.4, -0.2) is 48.5 Å². The fourth-order valence-electron chi connectivity index (χ4n) is 1.72. The summed E-state index contributed by atoms with van der Waals surface area (Å²) in [4.78, 5) is 12.0. The Morgan fingerprint density at radius 1 is 1.38 bits per heavy atom. The predicted octanol–water partition coefficient (Wildman–Crippen LogP) is 1.92. The standard InChI is InChI=1S/C13H15F4NO3/c1-21-10-5-3-2-4-9(10)8-18(6-7-19)12(20)13(16,17)11(14)15/h2-5,11,19H,6-8H2,1H3. The molecule has 0 saturated heterocycles. The van der Waals surface area contributed by atoms with E-state index in [1.165, 1.54) is 13.2 Å². The van der Waals surface area contributed by atoms with Gasteiger partial charge in [-0.15, -0.1) is 0 Å². The molecule has 1 rings (SSSR count). The van der Waals surface area contributed by atoms with E-state index in [0.29, 0.717) is 16.2 Å². The summed E-state index contributed by atoms with van der Waals surface area (Å²) < 4.78 is 55.8. The zero-order chi connectivity index (χ0) is 16.0. The number of carbonyl (C=O) groups is 1. The summed E-state index contributed by atoms with van der Waals surface area (Å²) in [5.41, 5.74) is 0.367. The Kier molecular flexibility index (Phi) is 5.95. The van der Waals surface area contributed by atoms with Crippen molar-refractivity contribution in [3.8, 4) is 5.75 Å². The molecule has 0 unspecified atom stereocenters. The SMILES string of the molecule is COc1ccccc1CN(CCO)C(=O)C(F)(F)C(F)F. The second-order valence-corrected chi connectivity index (χ2v) is 4.19. The molecule has 0 radical (unpaired) electrons. The number of halogens is 4. The van der Waals surface area contributed by atoms with Crippen LogP contribution in [0, 0.1) is 0 Å². The van der Waals surface area contributed by atoms with Gasteiger partial charge in [0.05, 0.1) is 13.7 Å². The fraction of sp³-hybridized carbons (Fsp3) is 0.462. The average molecular weight is 309 g/mol. The summed E-state index contributed by atoms with van der Waals surface area (Å²) in [5.74, 6) is -6.50. The van der Waals surface area contributed by atoms with Crippen LogP contribution < -0.4 is 4.74 Å². The summed E-state index contributed by atoms with van der Waals surface area (Å²) in [5, 5.41) is 8.84. The summed E-state index contributed by atoms with van der Waals surface area (Å²) in [6.07, 6.45) is -4.11. The Morgan fingerprint density at radius 2 is 2.00 bits per heavy atom. The molecule has 0 aliphatic carbocycles. The zero-order valence-corrected chi connectivity index (χ0v) is 11.2. The highest BCUT2D eigenvalue weighted by Crippen LogP contribution is 2.27. The lowest BCUT2D eigenvalue weighted by molar-refractivity contribution is -0.181. The van der Waals surface area contributed by atoms with Crippen molar-refractivity contribution in [2.24, 2.45) is 0 Å². The Morgan fingerprint density at radius 3 is 2.52 bits per heavy atom. The maximum absolute atomic E-state index is 13.1. The number of methoxy groups -OCH3 is 1. The minimum atomic E-state index is -4.79. The van der Waals surface area contributed by atoms with E-state index in [2.05, 4.69) is 0 Å². The number of nitrogens with zero attached hydrogens (tertiary/aromatic N) is 1. The molecule has 1 N–H and O–H groups in total. The molecule has 0 spiro atoms. The van der Waals surface area contributed by atoms with Gasteiger partial charge in [-0.3, -0.25) is 4.79 Å². The van der Waals surface area contributed by atoms with Crippen molar-refractivity contribution in [2.45, 2.75) is 18.9 Å². The predicted molar refractivity (Wildman–Crippen MR) is 66.4 cm³/mol. The average Bonchev–Trinajstić information content (AvgIpc) is 2.46. The van der Waals surface area contributed by atoms with Crippen molar-refractivity contribution in [3.63, 3.8) is 0 Å². The molecule has 118 valence electrons. The lowest BCUT2D eigenvalue weighted by Crippen LogP contribution is -2.48. The number of benzene rings is 1. The smallest absolute Gasteiger partial charge is 0.383 e. The second kappa shape index (κ2) is 7.26. The Balaban J connectivity index is 3.00. The highest BCUT2D eigenvalue weighted by molar-refractivity contribution is 5.84. The monoisotopic (exact) mass is 309 g/mol. The molecule has 0 aliphatic heterocycles. The second-order valence-electron chi connectivity index (χ2n) is 4.19. The van der Waals surface area contributed by atoms with Gasteiger partial charge in [0.15, 0.2) is 0 Å². The van der Waals surface area contributed by atoms with E-state index >= 15 is 0 Å². The number of para-hydroxylation sites is 1. The molecule has 1 aromatic carbocycles. The van der Waals surface area contributed by atoms with E-state index in [-0.39, 0.29) is 6.54 Å². The minimum Gasteiger partial charge on any atom is -0.496 e. The van der Waals surface area contributed by atoms with Crippen LogP contribution >= 0.6 is 0 Å². The highest BCUT2D eigenvalue weighted by Gasteiger charge is 2.51. The molecule has 4 nitrogen and oxygen atoms in total. The van der Waals surface area contributed by atoms with Gasteiger partial charge in [-0.1, -0.05) is 18.2 Å². The molecule has 0 saturated carbocycles. The molecule has 0 aromatic heterocycles. The lowest BCUT2D eigenvalue weighted by Gasteiger charge is -2.26. The van der Waals surface area contributed by atoms with Crippen molar-refractivity contribution in [2.75, 3.05) is 20.3 Å². The summed E-state index contributed by atoms with van der Waals surface area (Å²) in [6, 6.07) is 6.28. The molecule has 0 aliphatic rings. The van der Waals surface area contributed by atoms with E-state index in [4.69, 9.17) is 9.84 Å². The van der Waals surface area contributed by atoms with Crippen LogP contribution in [0.25, 0.3) is 0 Å². The number of alkyl halides is 4. The van der Waals surface area contributed by atoms with Gasteiger partial charge in [0.1, 0.15) is 5.75 Å². The van der Waals surface area contributed by atoms with Crippen molar-refractivity contribution >= 4 is 5.91 Å². The minimum absolute atomic E-state index is 0.327. The van der Waals surface area contributed by atoms with Crippen molar-refractivity contribution in [1.82, 2.24) is 4.90 Å². The summed E-state index contributed by atoms with van der Waals surface area (Å²) >= 11 is 0. The third kappa shape index (κ3) is 4.07. The number of rotatable bonds is 7. The normalized spacial score (nSPS) is 11.6. The fourth-order valence-corrected chi connectivity index (χ4v) is 1.72. The van der Waals surface area contributed by atoms with Crippen molar-refractivity contribution < 1.29 is 32.2 Å². The number of hydrogen-bond donors (Lipinski definition) is 1. The van der Waals surface area contributed by atoms with E-state index in [9.17, 15) is 22.4 Å². The third-order valence-electron chi connectivity index (χ3n) is 2.77. The van der Waals surface area contributed by atoms with E-state index in [0.717, 1.165) is 0 Å². The van der Waals surface area contributed by atoms with Crippen molar-refractivity contribution in [1.29, 1.82) is 0 Å². The molecular formula is C13H15F4NO3. The van der Waals surface area contributed by atoms with Gasteiger partial charge in [0.25, 0.3) is 5.91 Å². The van der Waals surface area contributed by atoms with E-state index in [1.54, 1.807) is 18.2 Å². The molecule has 0 fully saturated rings. The number of aliphatic hydroxyl groups is 1. The van der Waals surface area contributed by atoms with Crippen LogP contribution in [0.3, 0.4) is 0 Å². The highest BCUT2D eigenvalue weighted by atomic mass is 19.3. The van der Waals surface area contributed by atoms with Gasteiger partial charge in [-0.2, -0.15) is 8.78 Å². The topological polar surface area (TPSA) is 49.8 Å². The van der Waals surface area contributed by atoms with Gasteiger partial charge in [0, 0.05) is 18.7 Å². The molecule has 0 atom stereocenters. The van der Waals surface area contributed by atoms with Crippen LogP contribution in [0.4, 0.5) is 17.6 Å². The maximum atomic E-state index is 13.1.